The molecule has 0 aliphatic heterocycles. The molecule has 0 amide bonds. The summed E-state index contributed by atoms with van der Waals surface area (Å²) in [4.78, 5) is 2.52. The topological polar surface area (TPSA) is 24.5 Å². The molecule has 2 atom stereocenters. The SMILES string of the molecule is CCCNC1CCCCC1N(C)Cc1ccc(OC)cc1. The second-order valence-corrected chi connectivity index (χ2v) is 6.18. The largest absolute Gasteiger partial charge is 0.497 e. The zero-order valence-corrected chi connectivity index (χ0v) is 13.8. The van der Waals surface area contributed by atoms with Crippen molar-refractivity contribution in [3.63, 3.8) is 0 Å². The molecule has 2 unspecified atom stereocenters. The van der Waals surface area contributed by atoms with Crippen molar-refractivity contribution >= 4 is 0 Å². The van der Waals surface area contributed by atoms with E-state index in [2.05, 4.69) is 48.5 Å². The fourth-order valence-corrected chi connectivity index (χ4v) is 3.34. The van der Waals surface area contributed by atoms with Crippen LogP contribution in [-0.2, 0) is 6.54 Å². The van der Waals surface area contributed by atoms with Gasteiger partial charge in [-0.1, -0.05) is 31.9 Å². The molecule has 1 saturated carbocycles. The molecule has 3 nitrogen and oxygen atoms in total. The summed E-state index contributed by atoms with van der Waals surface area (Å²) in [6.07, 6.45) is 6.58. The molecule has 1 aliphatic rings. The van der Waals surface area contributed by atoms with Crippen LogP contribution in [0.15, 0.2) is 24.3 Å². The Morgan fingerprint density at radius 3 is 2.57 bits per heavy atom. The van der Waals surface area contributed by atoms with E-state index in [1.807, 2.05) is 0 Å². The summed E-state index contributed by atoms with van der Waals surface area (Å²) in [6.45, 7) is 4.39. The summed E-state index contributed by atoms with van der Waals surface area (Å²) in [5.74, 6) is 0.932. The van der Waals surface area contributed by atoms with E-state index in [0.29, 0.717) is 12.1 Å². The maximum Gasteiger partial charge on any atom is 0.118 e. The summed E-state index contributed by atoms with van der Waals surface area (Å²) in [5.41, 5.74) is 1.36. The van der Waals surface area contributed by atoms with Gasteiger partial charge in [0.15, 0.2) is 0 Å². The third kappa shape index (κ3) is 4.72. The van der Waals surface area contributed by atoms with Crippen LogP contribution < -0.4 is 10.1 Å². The van der Waals surface area contributed by atoms with Crippen molar-refractivity contribution in [3.8, 4) is 5.75 Å². The highest BCUT2D eigenvalue weighted by atomic mass is 16.5. The Morgan fingerprint density at radius 1 is 1.19 bits per heavy atom. The van der Waals surface area contributed by atoms with E-state index in [-0.39, 0.29) is 0 Å². The minimum Gasteiger partial charge on any atom is -0.497 e. The second-order valence-electron chi connectivity index (χ2n) is 6.18. The standard InChI is InChI=1S/C18H30N2O/c1-4-13-19-17-7-5-6-8-18(17)20(2)14-15-9-11-16(21-3)12-10-15/h9-12,17-19H,4-8,13-14H2,1-3H3. The van der Waals surface area contributed by atoms with Gasteiger partial charge in [0.2, 0.25) is 0 Å². The smallest absolute Gasteiger partial charge is 0.118 e. The lowest BCUT2D eigenvalue weighted by atomic mass is 9.89. The van der Waals surface area contributed by atoms with Crippen LogP contribution >= 0.6 is 0 Å². The molecule has 0 aromatic heterocycles. The number of nitrogens with one attached hydrogen (secondary N) is 1. The van der Waals surface area contributed by atoms with E-state index >= 15 is 0 Å². The van der Waals surface area contributed by atoms with Gasteiger partial charge in [-0.25, -0.2) is 0 Å². The average molecular weight is 290 g/mol. The molecule has 0 radical (unpaired) electrons. The van der Waals surface area contributed by atoms with Gasteiger partial charge in [-0.2, -0.15) is 0 Å². The molecule has 1 N–H and O–H groups in total. The molecule has 1 aromatic carbocycles. The van der Waals surface area contributed by atoms with Gasteiger partial charge in [0.1, 0.15) is 5.75 Å². The fraction of sp³-hybridized carbons (Fsp3) is 0.667. The Balaban J connectivity index is 1.94. The zero-order valence-electron chi connectivity index (χ0n) is 13.8. The molecule has 1 aromatic rings. The molecule has 0 bridgehead atoms. The third-order valence-electron chi connectivity index (χ3n) is 4.54. The van der Waals surface area contributed by atoms with Crippen molar-refractivity contribution in [2.75, 3.05) is 20.7 Å². The number of hydrogen-bond acceptors (Lipinski definition) is 3. The highest BCUT2D eigenvalue weighted by Gasteiger charge is 2.27. The van der Waals surface area contributed by atoms with E-state index in [1.165, 1.54) is 37.7 Å². The first kappa shape index (κ1) is 16.3. The summed E-state index contributed by atoms with van der Waals surface area (Å²) in [5, 5.41) is 3.74. The lowest BCUT2D eigenvalue weighted by Crippen LogP contribution is -2.50. The van der Waals surface area contributed by atoms with Crippen LogP contribution in [0.3, 0.4) is 0 Å². The third-order valence-corrected chi connectivity index (χ3v) is 4.54. The van der Waals surface area contributed by atoms with Crippen molar-refractivity contribution < 1.29 is 4.74 Å². The lowest BCUT2D eigenvalue weighted by molar-refractivity contribution is 0.143. The van der Waals surface area contributed by atoms with Gasteiger partial charge in [0, 0.05) is 18.6 Å². The van der Waals surface area contributed by atoms with Crippen LogP contribution in [0.2, 0.25) is 0 Å². The van der Waals surface area contributed by atoms with E-state index in [9.17, 15) is 0 Å². The number of hydrogen-bond donors (Lipinski definition) is 1. The Kier molecular flexibility index (Phi) is 6.52. The van der Waals surface area contributed by atoms with Crippen LogP contribution in [0.4, 0.5) is 0 Å². The van der Waals surface area contributed by atoms with Crippen molar-refractivity contribution in [2.24, 2.45) is 0 Å². The Bertz CT molecular complexity index is 404. The van der Waals surface area contributed by atoms with Gasteiger partial charge >= 0.3 is 0 Å². The van der Waals surface area contributed by atoms with Crippen LogP contribution in [0.1, 0.15) is 44.6 Å². The molecule has 0 heterocycles. The van der Waals surface area contributed by atoms with E-state index in [1.54, 1.807) is 7.11 Å². The first-order valence-corrected chi connectivity index (χ1v) is 8.31. The molecule has 1 fully saturated rings. The molecule has 118 valence electrons. The van der Waals surface area contributed by atoms with E-state index in [0.717, 1.165) is 18.8 Å². The monoisotopic (exact) mass is 290 g/mol. The molecule has 3 heteroatoms. The number of likely N-dealkylation sites (N-methyl/N-ethyl adjacent to an activating group) is 1. The van der Waals surface area contributed by atoms with Gasteiger partial charge in [0.05, 0.1) is 7.11 Å². The Labute approximate surface area is 129 Å². The van der Waals surface area contributed by atoms with Crippen LogP contribution in [0.25, 0.3) is 0 Å². The van der Waals surface area contributed by atoms with Crippen LogP contribution in [0, 0.1) is 0 Å². The van der Waals surface area contributed by atoms with Gasteiger partial charge in [-0.15, -0.1) is 0 Å². The van der Waals surface area contributed by atoms with Crippen molar-refractivity contribution in [2.45, 2.75) is 57.7 Å². The van der Waals surface area contributed by atoms with Crippen molar-refractivity contribution in [3.05, 3.63) is 29.8 Å². The zero-order chi connectivity index (χ0) is 15.1. The predicted octanol–water partition coefficient (Wildman–Crippen LogP) is 3.44. The van der Waals surface area contributed by atoms with Crippen molar-refractivity contribution in [1.29, 1.82) is 0 Å². The first-order chi connectivity index (χ1) is 10.2. The molecular weight excluding hydrogens is 260 g/mol. The summed E-state index contributed by atoms with van der Waals surface area (Å²) in [7, 11) is 3.98. The molecule has 0 saturated heterocycles. The Morgan fingerprint density at radius 2 is 1.90 bits per heavy atom. The first-order valence-electron chi connectivity index (χ1n) is 8.31. The van der Waals surface area contributed by atoms with E-state index in [4.69, 9.17) is 4.74 Å². The fourth-order valence-electron chi connectivity index (χ4n) is 3.34. The van der Waals surface area contributed by atoms with Gasteiger partial charge in [-0.3, -0.25) is 4.90 Å². The second kappa shape index (κ2) is 8.40. The number of nitrogens with zero attached hydrogens (tertiary/aromatic N) is 1. The molecule has 0 spiro atoms. The lowest BCUT2D eigenvalue weighted by Gasteiger charge is -2.38. The predicted molar refractivity (Wildman–Crippen MR) is 88.8 cm³/mol. The molecule has 2 rings (SSSR count). The van der Waals surface area contributed by atoms with Crippen molar-refractivity contribution in [1.82, 2.24) is 10.2 Å². The van der Waals surface area contributed by atoms with Gasteiger partial charge in [-0.05, 0) is 50.6 Å². The normalized spacial score (nSPS) is 22.5. The number of methoxy groups -OCH3 is 1. The highest BCUT2D eigenvalue weighted by molar-refractivity contribution is 5.27. The van der Waals surface area contributed by atoms with Crippen LogP contribution in [0.5, 0.6) is 5.75 Å². The molecule has 1 aliphatic carbocycles. The molecule has 21 heavy (non-hydrogen) atoms. The Hall–Kier alpha value is -1.06. The van der Waals surface area contributed by atoms with E-state index < -0.39 is 0 Å². The number of ether oxygens (including phenoxy) is 1. The number of rotatable bonds is 7. The van der Waals surface area contributed by atoms with Crippen LogP contribution in [-0.4, -0.2) is 37.7 Å². The summed E-state index contributed by atoms with van der Waals surface area (Å²) < 4.78 is 5.23. The average Bonchev–Trinajstić information content (AvgIpc) is 2.54. The molecular formula is C18H30N2O. The number of benzene rings is 1. The van der Waals surface area contributed by atoms with Gasteiger partial charge in [0.25, 0.3) is 0 Å². The maximum atomic E-state index is 5.23. The summed E-state index contributed by atoms with van der Waals surface area (Å²) in [6, 6.07) is 9.77. The quantitative estimate of drug-likeness (QED) is 0.832. The highest BCUT2D eigenvalue weighted by Crippen LogP contribution is 2.24. The summed E-state index contributed by atoms with van der Waals surface area (Å²) >= 11 is 0. The van der Waals surface area contributed by atoms with Gasteiger partial charge < -0.3 is 10.1 Å². The minimum absolute atomic E-state index is 0.655. The maximum absolute atomic E-state index is 5.23. The minimum atomic E-state index is 0.655.